The highest BCUT2D eigenvalue weighted by Gasteiger charge is 2.35. The summed E-state index contributed by atoms with van der Waals surface area (Å²) in [6.07, 6.45) is -3.57. The first-order valence-electron chi connectivity index (χ1n) is 8.99. The van der Waals surface area contributed by atoms with E-state index in [9.17, 15) is 13.2 Å². The van der Waals surface area contributed by atoms with Crippen molar-refractivity contribution >= 4 is 27.8 Å². The highest BCUT2D eigenvalue weighted by atomic mass is 32.1. The van der Waals surface area contributed by atoms with Gasteiger partial charge in [-0.25, -0.2) is 4.98 Å². The Bertz CT molecular complexity index is 994. The first-order valence-corrected chi connectivity index (χ1v) is 9.87. The number of aromatic nitrogens is 1. The number of rotatable bonds is 3. The average molecular weight is 403 g/mol. The zero-order chi connectivity index (χ0) is 19.9. The van der Waals surface area contributed by atoms with Gasteiger partial charge in [-0.2, -0.15) is 13.2 Å². The SMILES string of the molecule is CC1(C)CC(c2ccccc2Nc2nc(C(F)(F)F)cs2)Nc2ccccc21. The van der Waals surface area contributed by atoms with Gasteiger partial charge in [0.2, 0.25) is 0 Å². The Labute approximate surface area is 165 Å². The van der Waals surface area contributed by atoms with Crippen molar-refractivity contribution in [2.24, 2.45) is 0 Å². The number of alkyl halides is 3. The van der Waals surface area contributed by atoms with Gasteiger partial charge in [-0.3, -0.25) is 0 Å². The normalized spacial score (nSPS) is 18.2. The van der Waals surface area contributed by atoms with Crippen molar-refractivity contribution < 1.29 is 13.2 Å². The van der Waals surface area contributed by atoms with Gasteiger partial charge in [0.05, 0.1) is 6.04 Å². The Morgan fingerprint density at radius 1 is 1.11 bits per heavy atom. The summed E-state index contributed by atoms with van der Waals surface area (Å²) in [4.78, 5) is 3.69. The van der Waals surface area contributed by atoms with Crippen molar-refractivity contribution in [3.05, 3.63) is 70.7 Å². The molecule has 1 aromatic heterocycles. The van der Waals surface area contributed by atoms with E-state index in [0.717, 1.165) is 40.1 Å². The molecule has 2 N–H and O–H groups in total. The van der Waals surface area contributed by atoms with E-state index in [4.69, 9.17) is 0 Å². The molecule has 0 fully saturated rings. The predicted molar refractivity (Wildman–Crippen MR) is 107 cm³/mol. The molecule has 0 amide bonds. The number of nitrogens with one attached hydrogen (secondary N) is 2. The van der Waals surface area contributed by atoms with Gasteiger partial charge in [-0.1, -0.05) is 50.2 Å². The van der Waals surface area contributed by atoms with Crippen LogP contribution < -0.4 is 10.6 Å². The van der Waals surface area contributed by atoms with Gasteiger partial charge >= 0.3 is 6.18 Å². The van der Waals surface area contributed by atoms with Gasteiger partial charge in [-0.05, 0) is 35.1 Å². The lowest BCUT2D eigenvalue weighted by molar-refractivity contribution is -0.140. The summed E-state index contributed by atoms with van der Waals surface area (Å²) in [6.45, 7) is 4.43. The van der Waals surface area contributed by atoms with Crippen molar-refractivity contribution in [1.82, 2.24) is 4.98 Å². The smallest absolute Gasteiger partial charge is 0.378 e. The molecule has 2 heterocycles. The van der Waals surface area contributed by atoms with Crippen molar-refractivity contribution in [2.45, 2.75) is 37.9 Å². The maximum Gasteiger partial charge on any atom is 0.434 e. The molecule has 0 bridgehead atoms. The quantitative estimate of drug-likeness (QED) is 0.508. The maximum absolute atomic E-state index is 12.8. The molecule has 1 aliphatic heterocycles. The Kier molecular flexibility index (Phi) is 4.57. The molecule has 0 saturated carbocycles. The number of nitrogens with zero attached hydrogens (tertiary/aromatic N) is 1. The molecule has 1 atom stereocenters. The van der Waals surface area contributed by atoms with Crippen LogP contribution in [0.3, 0.4) is 0 Å². The van der Waals surface area contributed by atoms with Crippen molar-refractivity contribution in [1.29, 1.82) is 0 Å². The van der Waals surface area contributed by atoms with E-state index < -0.39 is 11.9 Å². The molecule has 0 saturated heterocycles. The Morgan fingerprint density at radius 3 is 2.57 bits per heavy atom. The second kappa shape index (κ2) is 6.81. The predicted octanol–water partition coefficient (Wildman–Crippen LogP) is 6.74. The third kappa shape index (κ3) is 3.58. The van der Waals surface area contributed by atoms with Gasteiger partial charge in [-0.15, -0.1) is 11.3 Å². The fourth-order valence-corrected chi connectivity index (χ4v) is 4.47. The third-order valence-corrected chi connectivity index (χ3v) is 5.83. The van der Waals surface area contributed by atoms with Crippen LogP contribution in [0.25, 0.3) is 0 Å². The number of anilines is 3. The standard InChI is InChI=1S/C21H20F3N3S/c1-20(2)11-17(25-16-10-6-4-8-14(16)20)13-7-3-5-9-15(13)26-19-27-18(12-28-19)21(22,23)24/h3-10,12,17,25H,11H2,1-2H3,(H,26,27). The largest absolute Gasteiger partial charge is 0.434 e. The van der Waals surface area contributed by atoms with Crippen LogP contribution in [0.4, 0.5) is 29.7 Å². The van der Waals surface area contributed by atoms with Crippen LogP contribution in [-0.4, -0.2) is 4.98 Å². The highest BCUT2D eigenvalue weighted by Crippen LogP contribution is 2.45. The number of hydrogen-bond donors (Lipinski definition) is 2. The van der Waals surface area contributed by atoms with Crippen LogP contribution in [0.5, 0.6) is 0 Å². The van der Waals surface area contributed by atoms with Crippen LogP contribution in [0.15, 0.2) is 53.9 Å². The summed E-state index contributed by atoms with van der Waals surface area (Å²) >= 11 is 0.952. The molecule has 1 aliphatic rings. The first-order chi connectivity index (χ1) is 13.2. The van der Waals surface area contributed by atoms with E-state index >= 15 is 0 Å². The fraction of sp³-hybridized carbons (Fsp3) is 0.286. The summed E-state index contributed by atoms with van der Waals surface area (Å²) in [5.41, 5.74) is 3.23. The molecular formula is C21H20F3N3S. The summed E-state index contributed by atoms with van der Waals surface area (Å²) in [7, 11) is 0. The number of benzene rings is 2. The van der Waals surface area contributed by atoms with E-state index in [1.54, 1.807) is 0 Å². The number of halogens is 3. The van der Waals surface area contributed by atoms with E-state index in [2.05, 4.69) is 41.6 Å². The van der Waals surface area contributed by atoms with Crippen molar-refractivity contribution in [2.75, 3.05) is 10.6 Å². The highest BCUT2D eigenvalue weighted by molar-refractivity contribution is 7.13. The molecule has 7 heteroatoms. The number of hydrogen-bond acceptors (Lipinski definition) is 4. The summed E-state index contributed by atoms with van der Waals surface area (Å²) in [5, 5.41) is 7.93. The molecule has 3 nitrogen and oxygen atoms in total. The van der Waals surface area contributed by atoms with Crippen LogP contribution in [-0.2, 0) is 11.6 Å². The number of fused-ring (bicyclic) bond motifs is 1. The van der Waals surface area contributed by atoms with E-state index in [-0.39, 0.29) is 16.6 Å². The third-order valence-electron chi connectivity index (χ3n) is 5.07. The van der Waals surface area contributed by atoms with Gasteiger partial charge in [0, 0.05) is 16.8 Å². The minimum absolute atomic E-state index is 0.0236. The van der Waals surface area contributed by atoms with Gasteiger partial charge in [0.15, 0.2) is 10.8 Å². The van der Waals surface area contributed by atoms with E-state index in [1.807, 2.05) is 36.4 Å². The van der Waals surface area contributed by atoms with Gasteiger partial charge in [0.25, 0.3) is 0 Å². The van der Waals surface area contributed by atoms with E-state index in [1.165, 1.54) is 5.56 Å². The molecule has 0 spiro atoms. The molecule has 146 valence electrons. The van der Waals surface area contributed by atoms with Crippen molar-refractivity contribution in [3.63, 3.8) is 0 Å². The summed E-state index contributed by atoms with van der Waals surface area (Å²) < 4.78 is 38.5. The molecule has 1 unspecified atom stereocenters. The Hall–Kier alpha value is -2.54. The second-order valence-electron chi connectivity index (χ2n) is 7.58. The lowest BCUT2D eigenvalue weighted by atomic mass is 9.74. The average Bonchev–Trinajstić information content (AvgIpc) is 3.11. The summed E-state index contributed by atoms with van der Waals surface area (Å²) in [5.74, 6) is 0. The minimum Gasteiger partial charge on any atom is -0.378 e. The second-order valence-corrected chi connectivity index (χ2v) is 8.44. The first kappa shape index (κ1) is 18.8. The topological polar surface area (TPSA) is 37.0 Å². The molecule has 0 aliphatic carbocycles. The van der Waals surface area contributed by atoms with Crippen LogP contribution in [0.1, 0.15) is 43.1 Å². The molecule has 2 aromatic carbocycles. The van der Waals surface area contributed by atoms with Gasteiger partial charge < -0.3 is 10.6 Å². The van der Waals surface area contributed by atoms with Crippen LogP contribution in [0, 0.1) is 0 Å². The molecule has 0 radical (unpaired) electrons. The van der Waals surface area contributed by atoms with E-state index in [0.29, 0.717) is 0 Å². The lowest BCUT2D eigenvalue weighted by Crippen LogP contribution is -2.31. The molecular weight excluding hydrogens is 383 g/mol. The van der Waals surface area contributed by atoms with Gasteiger partial charge in [0.1, 0.15) is 0 Å². The summed E-state index contributed by atoms with van der Waals surface area (Å²) in [6, 6.07) is 16.0. The van der Waals surface area contributed by atoms with Crippen molar-refractivity contribution in [3.8, 4) is 0 Å². The number of thiazole rings is 1. The maximum atomic E-state index is 12.8. The number of para-hydroxylation sites is 2. The molecule has 28 heavy (non-hydrogen) atoms. The molecule has 3 aromatic rings. The lowest BCUT2D eigenvalue weighted by Gasteiger charge is -2.39. The van der Waals surface area contributed by atoms with Crippen LogP contribution >= 0.6 is 11.3 Å². The minimum atomic E-state index is -4.44. The fourth-order valence-electron chi connectivity index (χ4n) is 3.74. The van der Waals surface area contributed by atoms with Crippen LogP contribution in [0.2, 0.25) is 0 Å². The zero-order valence-corrected chi connectivity index (χ0v) is 16.3. The Balaban J connectivity index is 1.65. The monoisotopic (exact) mass is 403 g/mol. The Morgan fingerprint density at radius 2 is 1.82 bits per heavy atom. The molecule has 4 rings (SSSR count). The zero-order valence-electron chi connectivity index (χ0n) is 15.5.